The molecule has 0 saturated carbocycles. The molecule has 116 valence electrons. The maximum Gasteiger partial charge on any atom is 0.261 e. The van der Waals surface area contributed by atoms with Crippen LogP contribution in [0.3, 0.4) is 0 Å². The number of amides is 1. The summed E-state index contributed by atoms with van der Waals surface area (Å²) in [7, 11) is -3.66. The average molecular weight is 318 g/mol. The molecule has 0 heterocycles. The van der Waals surface area contributed by atoms with E-state index in [1.807, 2.05) is 13.0 Å². The Morgan fingerprint density at radius 1 is 1.05 bits per heavy atom. The van der Waals surface area contributed by atoms with E-state index in [-0.39, 0.29) is 10.8 Å². The first-order valence-corrected chi connectivity index (χ1v) is 8.24. The number of carbonyl (C=O) groups excluding carboxylic acids is 1. The van der Waals surface area contributed by atoms with Crippen LogP contribution in [0.15, 0.2) is 47.4 Å². The maximum absolute atomic E-state index is 12.4. The number of rotatable bonds is 4. The molecule has 2 N–H and O–H groups in total. The number of sulfonamides is 1. The van der Waals surface area contributed by atoms with Crippen LogP contribution in [0.4, 0.5) is 11.4 Å². The van der Waals surface area contributed by atoms with Gasteiger partial charge in [0.25, 0.3) is 10.0 Å². The molecule has 0 aliphatic rings. The number of anilines is 2. The summed E-state index contributed by atoms with van der Waals surface area (Å²) < 4.78 is 27.3. The predicted octanol–water partition coefficient (Wildman–Crippen LogP) is 3.06. The highest BCUT2D eigenvalue weighted by molar-refractivity contribution is 7.92. The highest BCUT2D eigenvalue weighted by atomic mass is 32.2. The van der Waals surface area contributed by atoms with E-state index >= 15 is 0 Å². The first kappa shape index (κ1) is 16.0. The van der Waals surface area contributed by atoms with Crippen molar-refractivity contribution in [1.82, 2.24) is 0 Å². The van der Waals surface area contributed by atoms with Gasteiger partial charge in [0.15, 0.2) is 0 Å². The van der Waals surface area contributed by atoms with Crippen LogP contribution in [0, 0.1) is 13.8 Å². The minimum absolute atomic E-state index is 0.153. The van der Waals surface area contributed by atoms with Gasteiger partial charge in [-0.3, -0.25) is 9.52 Å². The van der Waals surface area contributed by atoms with Gasteiger partial charge in [0, 0.05) is 18.3 Å². The fourth-order valence-electron chi connectivity index (χ4n) is 2.06. The van der Waals surface area contributed by atoms with E-state index in [4.69, 9.17) is 0 Å². The summed E-state index contributed by atoms with van der Waals surface area (Å²) in [5.41, 5.74) is 2.77. The van der Waals surface area contributed by atoms with Crippen LogP contribution in [0.2, 0.25) is 0 Å². The maximum atomic E-state index is 12.4. The Kier molecular flexibility index (Phi) is 4.51. The van der Waals surface area contributed by atoms with Gasteiger partial charge in [0.2, 0.25) is 5.91 Å². The summed E-state index contributed by atoms with van der Waals surface area (Å²) in [6.07, 6.45) is 0. The first-order chi connectivity index (χ1) is 10.3. The molecule has 0 unspecified atom stereocenters. The predicted molar refractivity (Wildman–Crippen MR) is 87.5 cm³/mol. The Bertz CT molecular complexity index is 814. The van der Waals surface area contributed by atoms with Crippen molar-refractivity contribution in [3.63, 3.8) is 0 Å². The van der Waals surface area contributed by atoms with Crippen molar-refractivity contribution in [2.45, 2.75) is 25.7 Å². The number of benzene rings is 2. The van der Waals surface area contributed by atoms with E-state index in [1.54, 1.807) is 31.2 Å². The van der Waals surface area contributed by atoms with Gasteiger partial charge in [-0.25, -0.2) is 8.42 Å². The summed E-state index contributed by atoms with van der Waals surface area (Å²) in [6.45, 7) is 5.05. The monoisotopic (exact) mass is 318 g/mol. The van der Waals surface area contributed by atoms with Crippen LogP contribution in [-0.2, 0) is 14.8 Å². The fourth-order valence-corrected chi connectivity index (χ4v) is 3.19. The second-order valence-corrected chi connectivity index (χ2v) is 6.82. The summed E-state index contributed by atoms with van der Waals surface area (Å²) >= 11 is 0. The molecule has 2 aromatic carbocycles. The van der Waals surface area contributed by atoms with E-state index in [0.29, 0.717) is 16.9 Å². The molecule has 0 radical (unpaired) electrons. The topological polar surface area (TPSA) is 75.3 Å². The molecule has 0 aliphatic heterocycles. The Balaban J connectivity index is 2.30. The zero-order valence-electron chi connectivity index (χ0n) is 12.7. The lowest BCUT2D eigenvalue weighted by Crippen LogP contribution is -2.14. The van der Waals surface area contributed by atoms with Crippen LogP contribution in [0.1, 0.15) is 18.1 Å². The molecule has 0 fully saturated rings. The molecule has 0 aliphatic carbocycles. The number of hydrogen-bond acceptors (Lipinski definition) is 3. The molecule has 0 atom stereocenters. The Morgan fingerprint density at radius 2 is 1.77 bits per heavy atom. The standard InChI is InChI=1S/C16H18N2O3S/c1-11-5-4-6-14(9-11)18-22(20,21)15-7-8-16(12(2)10-15)17-13(3)19/h4-10,18H,1-3H3,(H,17,19). The van der Waals surface area contributed by atoms with Crippen LogP contribution in [-0.4, -0.2) is 14.3 Å². The fraction of sp³-hybridized carbons (Fsp3) is 0.188. The van der Waals surface area contributed by atoms with Gasteiger partial charge in [-0.1, -0.05) is 12.1 Å². The molecule has 5 nitrogen and oxygen atoms in total. The summed E-state index contributed by atoms with van der Waals surface area (Å²) in [6, 6.07) is 11.7. The minimum Gasteiger partial charge on any atom is -0.326 e. The molecule has 1 amide bonds. The lowest BCUT2D eigenvalue weighted by molar-refractivity contribution is -0.114. The van der Waals surface area contributed by atoms with Crippen molar-refractivity contribution in [1.29, 1.82) is 0 Å². The highest BCUT2D eigenvalue weighted by Crippen LogP contribution is 2.22. The highest BCUT2D eigenvalue weighted by Gasteiger charge is 2.15. The molecule has 6 heteroatoms. The molecule has 0 saturated heterocycles. The SMILES string of the molecule is CC(=O)Nc1ccc(S(=O)(=O)Nc2cccc(C)c2)cc1C. The van der Waals surface area contributed by atoms with Gasteiger partial charge in [0.1, 0.15) is 0 Å². The van der Waals surface area contributed by atoms with Gasteiger partial charge < -0.3 is 5.32 Å². The quantitative estimate of drug-likeness (QED) is 0.909. The van der Waals surface area contributed by atoms with Crippen molar-refractivity contribution < 1.29 is 13.2 Å². The normalized spacial score (nSPS) is 11.0. The molecular weight excluding hydrogens is 300 g/mol. The van der Waals surface area contributed by atoms with E-state index in [0.717, 1.165) is 5.56 Å². The molecule has 0 spiro atoms. The summed E-state index contributed by atoms with van der Waals surface area (Å²) in [5.74, 6) is -0.198. The zero-order valence-corrected chi connectivity index (χ0v) is 13.5. The third-order valence-corrected chi connectivity index (χ3v) is 4.47. The summed E-state index contributed by atoms with van der Waals surface area (Å²) in [4.78, 5) is 11.2. The van der Waals surface area contributed by atoms with E-state index < -0.39 is 10.0 Å². The third-order valence-electron chi connectivity index (χ3n) is 3.09. The first-order valence-electron chi connectivity index (χ1n) is 6.76. The molecule has 22 heavy (non-hydrogen) atoms. The van der Waals surface area contributed by atoms with Gasteiger partial charge in [-0.05, 0) is 55.3 Å². The van der Waals surface area contributed by atoms with Crippen LogP contribution in [0.5, 0.6) is 0 Å². The second-order valence-electron chi connectivity index (χ2n) is 5.13. The average Bonchev–Trinajstić information content (AvgIpc) is 2.40. The van der Waals surface area contributed by atoms with Crippen LogP contribution < -0.4 is 10.0 Å². The Morgan fingerprint density at radius 3 is 2.36 bits per heavy atom. The van der Waals surface area contributed by atoms with Crippen LogP contribution in [0.25, 0.3) is 0 Å². The van der Waals surface area contributed by atoms with Crippen molar-refractivity contribution in [2.75, 3.05) is 10.0 Å². The molecule has 0 aromatic heterocycles. The van der Waals surface area contributed by atoms with Crippen molar-refractivity contribution in [3.05, 3.63) is 53.6 Å². The van der Waals surface area contributed by atoms with Crippen molar-refractivity contribution in [2.24, 2.45) is 0 Å². The zero-order chi connectivity index (χ0) is 16.3. The van der Waals surface area contributed by atoms with E-state index in [2.05, 4.69) is 10.0 Å². The molecular formula is C16H18N2O3S. The van der Waals surface area contributed by atoms with Crippen molar-refractivity contribution in [3.8, 4) is 0 Å². The smallest absolute Gasteiger partial charge is 0.261 e. The van der Waals surface area contributed by atoms with Crippen LogP contribution >= 0.6 is 0 Å². The number of nitrogens with one attached hydrogen (secondary N) is 2. The molecule has 2 rings (SSSR count). The largest absolute Gasteiger partial charge is 0.326 e. The number of carbonyl (C=O) groups is 1. The van der Waals surface area contributed by atoms with Gasteiger partial charge in [-0.2, -0.15) is 0 Å². The lowest BCUT2D eigenvalue weighted by Gasteiger charge is -2.11. The Hall–Kier alpha value is -2.34. The minimum atomic E-state index is -3.66. The number of hydrogen-bond donors (Lipinski definition) is 2. The van der Waals surface area contributed by atoms with Gasteiger partial charge >= 0.3 is 0 Å². The Labute approximate surface area is 130 Å². The summed E-state index contributed by atoms with van der Waals surface area (Å²) in [5, 5.41) is 2.65. The second kappa shape index (κ2) is 6.19. The van der Waals surface area contributed by atoms with Gasteiger partial charge in [-0.15, -0.1) is 0 Å². The third kappa shape index (κ3) is 3.85. The van der Waals surface area contributed by atoms with Gasteiger partial charge in [0.05, 0.1) is 4.90 Å². The molecule has 0 bridgehead atoms. The van der Waals surface area contributed by atoms with E-state index in [1.165, 1.54) is 19.1 Å². The number of aryl methyl sites for hydroxylation is 2. The van der Waals surface area contributed by atoms with E-state index in [9.17, 15) is 13.2 Å². The lowest BCUT2D eigenvalue weighted by atomic mass is 10.2. The van der Waals surface area contributed by atoms with Crippen molar-refractivity contribution >= 4 is 27.3 Å². The molecule has 2 aromatic rings.